The molecule has 0 amide bonds. The summed E-state index contributed by atoms with van der Waals surface area (Å²) < 4.78 is 0. The van der Waals surface area contributed by atoms with Gasteiger partial charge in [-0.25, -0.2) is 0 Å². The Morgan fingerprint density at radius 1 is 1.60 bits per heavy atom. The first-order valence-corrected chi connectivity index (χ1v) is 1.21. The van der Waals surface area contributed by atoms with Gasteiger partial charge in [-0.1, -0.05) is 27.7 Å². The van der Waals surface area contributed by atoms with Crippen molar-refractivity contribution in [1.29, 1.82) is 0 Å². The zero-order valence-electron chi connectivity index (χ0n) is 3.12. The average Bonchev–Trinajstić information content (AvgIpc) is 0.918. The number of hydrogen-bond acceptors (Lipinski definition) is 0. The molecule has 0 spiro atoms. The third-order valence-corrected chi connectivity index (χ3v) is 0. The molecule has 0 aliphatic heterocycles. The Hall–Kier alpha value is 0.766. The van der Waals surface area contributed by atoms with Gasteiger partial charge in [0.1, 0.15) is 0 Å². The first kappa shape index (κ1) is 17.1. The zero-order chi connectivity index (χ0) is 2.71. The van der Waals surface area contributed by atoms with Crippen molar-refractivity contribution in [3.8, 4) is 0 Å². The van der Waals surface area contributed by atoms with E-state index in [0.717, 1.165) is 6.42 Å². The lowest BCUT2D eigenvalue weighted by Crippen LogP contribution is -1.29. The maximum Gasteiger partial charge on any atom is 0 e. The van der Waals surface area contributed by atoms with Crippen molar-refractivity contribution < 1.29 is 0 Å². The van der Waals surface area contributed by atoms with E-state index >= 15 is 0 Å². The molecular weight excluding hydrogens is 72.3 g/mol. The summed E-state index contributed by atoms with van der Waals surface area (Å²) in [6.07, 6.45) is 1.00. The molecule has 0 heterocycles. The van der Waals surface area contributed by atoms with Crippen molar-refractivity contribution in [2.24, 2.45) is 0 Å². The molecule has 0 aliphatic rings. The van der Waals surface area contributed by atoms with Crippen molar-refractivity contribution >= 4 is 23.1 Å². The first-order valence-electron chi connectivity index (χ1n) is 1.21. The molecule has 0 N–H and O–H groups in total. The van der Waals surface area contributed by atoms with Crippen LogP contribution in [0.15, 0.2) is 0 Å². The van der Waals surface area contributed by atoms with E-state index in [1.54, 1.807) is 0 Å². The van der Waals surface area contributed by atoms with E-state index in [0.29, 0.717) is 0 Å². The normalized spacial score (nSPS) is 3.60. The van der Waals surface area contributed by atoms with Crippen LogP contribution in [-0.4, -0.2) is 23.1 Å². The van der Waals surface area contributed by atoms with E-state index in [1.165, 1.54) is 0 Å². The van der Waals surface area contributed by atoms with Gasteiger partial charge >= 0.3 is 0 Å². The second kappa shape index (κ2) is 21.7. The topological polar surface area (TPSA) is 0 Å². The monoisotopic (exact) mass is 83.1 g/mol. The minimum Gasteiger partial charge on any atom is -0.0776 e. The molecule has 0 saturated carbocycles. The van der Waals surface area contributed by atoms with Crippen LogP contribution in [0.25, 0.3) is 0 Å². The summed E-state index contributed by atoms with van der Waals surface area (Å²) in [5, 5.41) is 0. The highest BCUT2D eigenvalue weighted by atomic mass is 24.3. The van der Waals surface area contributed by atoms with Gasteiger partial charge in [-0.15, -0.1) is 0 Å². The van der Waals surface area contributed by atoms with Crippen LogP contribution in [0.5, 0.6) is 0 Å². The predicted octanol–water partition coefficient (Wildman–Crippen LogP) is 1.49. The van der Waals surface area contributed by atoms with Gasteiger partial charge in [0.05, 0.1) is 0 Å². The van der Waals surface area contributed by atoms with Crippen molar-refractivity contribution in [2.75, 3.05) is 0 Å². The molecule has 1 heteroatoms. The van der Waals surface area contributed by atoms with Crippen LogP contribution < -0.4 is 0 Å². The van der Waals surface area contributed by atoms with Gasteiger partial charge in [-0.2, -0.15) is 0 Å². The summed E-state index contributed by atoms with van der Waals surface area (Å²) in [5.41, 5.74) is 0. The summed E-state index contributed by atoms with van der Waals surface area (Å²) in [6.45, 7) is 5.50. The Morgan fingerprint density at radius 2 is 1.60 bits per heavy atom. The number of hydrogen-bond donors (Lipinski definition) is 0. The third-order valence-electron chi connectivity index (χ3n) is 0. The summed E-state index contributed by atoms with van der Waals surface area (Å²) in [4.78, 5) is 0. The van der Waals surface area contributed by atoms with Crippen molar-refractivity contribution in [1.82, 2.24) is 0 Å². The first-order chi connectivity index (χ1) is 1.41. The van der Waals surface area contributed by atoms with E-state index in [2.05, 4.69) is 6.92 Å². The van der Waals surface area contributed by atoms with Crippen molar-refractivity contribution in [2.45, 2.75) is 20.8 Å². The Labute approximate surface area is 51.1 Å². The van der Waals surface area contributed by atoms with Crippen molar-refractivity contribution in [3.05, 3.63) is 6.92 Å². The summed E-state index contributed by atoms with van der Waals surface area (Å²) in [5.74, 6) is 0. The Balaban J connectivity index is -0.0000000200. The van der Waals surface area contributed by atoms with Crippen LogP contribution in [0.1, 0.15) is 20.8 Å². The smallest absolute Gasteiger partial charge is 0 e. The molecule has 0 aliphatic carbocycles. The molecule has 0 saturated heterocycles. The fraction of sp³-hybridized carbons (Fsp3) is 0.750. The number of rotatable bonds is 0. The summed E-state index contributed by atoms with van der Waals surface area (Å²) >= 11 is 0. The highest BCUT2D eigenvalue weighted by Gasteiger charge is 1.36. The largest absolute Gasteiger partial charge is 0.0776 e. The summed E-state index contributed by atoms with van der Waals surface area (Å²) in [7, 11) is 0. The molecule has 0 atom stereocenters. The minimum atomic E-state index is 0. The van der Waals surface area contributed by atoms with Gasteiger partial charge < -0.3 is 0 Å². The van der Waals surface area contributed by atoms with Crippen LogP contribution in [0.2, 0.25) is 0 Å². The molecule has 0 bridgehead atoms. The third kappa shape index (κ3) is 62.1. The van der Waals surface area contributed by atoms with Crippen LogP contribution in [-0.2, 0) is 0 Å². The molecule has 0 aromatic heterocycles. The molecule has 3 radical (unpaired) electrons. The standard InChI is InChI=1S/C3H7.CH4.Mg/c1-3-2;;/h1,3H2,2H3;1H4;. The molecule has 5 heavy (non-hydrogen) atoms. The van der Waals surface area contributed by atoms with Gasteiger partial charge in [0.15, 0.2) is 0 Å². The van der Waals surface area contributed by atoms with Crippen LogP contribution >= 0.6 is 0 Å². The molecule has 0 unspecified atom stereocenters. The van der Waals surface area contributed by atoms with Crippen molar-refractivity contribution in [3.63, 3.8) is 0 Å². The van der Waals surface area contributed by atoms with Gasteiger partial charge in [0.25, 0.3) is 0 Å². The second-order valence-electron chi connectivity index (χ2n) is 0.500. The molecule has 0 nitrogen and oxygen atoms in total. The molecular formula is C4H11Mg. The second-order valence-corrected chi connectivity index (χ2v) is 0.500. The Morgan fingerprint density at radius 3 is 1.60 bits per heavy atom. The molecule has 0 aromatic carbocycles. The van der Waals surface area contributed by atoms with Gasteiger partial charge in [-0.3, -0.25) is 0 Å². The highest BCUT2D eigenvalue weighted by Crippen LogP contribution is 1.54. The lowest BCUT2D eigenvalue weighted by molar-refractivity contribution is 1.23. The van der Waals surface area contributed by atoms with E-state index in [4.69, 9.17) is 0 Å². The predicted molar refractivity (Wildman–Crippen MR) is 28.1 cm³/mol. The van der Waals surface area contributed by atoms with Crippen LogP contribution in [0.4, 0.5) is 0 Å². The minimum absolute atomic E-state index is 0. The Kier molecular flexibility index (Phi) is 74.2. The fourth-order valence-electron chi connectivity index (χ4n) is 0. The molecule has 0 aromatic rings. The SMILES string of the molecule is C.[CH2]CC.[Mg]. The maximum absolute atomic E-state index is 3.49. The van der Waals surface area contributed by atoms with E-state index < -0.39 is 0 Å². The quantitative estimate of drug-likeness (QED) is 0.389. The zero-order valence-corrected chi connectivity index (χ0v) is 4.54. The molecule has 0 fully saturated rings. The maximum atomic E-state index is 3.49. The van der Waals surface area contributed by atoms with E-state index in [1.807, 2.05) is 6.92 Å². The van der Waals surface area contributed by atoms with Crippen LogP contribution in [0.3, 0.4) is 0 Å². The summed E-state index contributed by atoms with van der Waals surface area (Å²) in [6, 6.07) is 0. The van der Waals surface area contributed by atoms with E-state index in [9.17, 15) is 0 Å². The lowest BCUT2D eigenvalue weighted by Gasteiger charge is -1.47. The van der Waals surface area contributed by atoms with Gasteiger partial charge in [0.2, 0.25) is 0 Å². The molecule has 29 valence electrons. The molecule has 0 rings (SSSR count). The van der Waals surface area contributed by atoms with Crippen LogP contribution in [0, 0.1) is 6.92 Å². The van der Waals surface area contributed by atoms with E-state index in [-0.39, 0.29) is 30.5 Å². The lowest BCUT2D eigenvalue weighted by atomic mass is 10.6. The van der Waals surface area contributed by atoms with Gasteiger partial charge in [0, 0.05) is 23.1 Å². The highest BCUT2D eigenvalue weighted by molar-refractivity contribution is 5.75. The fourth-order valence-corrected chi connectivity index (χ4v) is 0. The van der Waals surface area contributed by atoms with Gasteiger partial charge in [-0.05, 0) is 0 Å². The average molecular weight is 83.4 g/mol. The Bertz CT molecular complexity index is 3.61.